The fourth-order valence-corrected chi connectivity index (χ4v) is 3.62. The van der Waals surface area contributed by atoms with Crippen LogP contribution in [-0.4, -0.2) is 23.0 Å². The molecule has 0 aromatic heterocycles. The van der Waals surface area contributed by atoms with Gasteiger partial charge >= 0.3 is 11.9 Å². The van der Waals surface area contributed by atoms with Crippen LogP contribution in [0.25, 0.3) is 0 Å². The summed E-state index contributed by atoms with van der Waals surface area (Å²) in [6.07, 6.45) is 9.66. The van der Waals surface area contributed by atoms with Crippen LogP contribution in [0.3, 0.4) is 0 Å². The molecule has 8 nitrogen and oxygen atoms in total. The van der Waals surface area contributed by atoms with Gasteiger partial charge in [-0.05, 0) is 57.2 Å². The average molecular weight is 495 g/mol. The molecule has 0 saturated heterocycles. The number of rotatable bonds is 6. The first kappa shape index (κ1) is 26.8. The number of allylic oxidation sites excluding steroid dienone is 4. The van der Waals surface area contributed by atoms with Crippen molar-refractivity contribution in [3.63, 3.8) is 0 Å². The maximum absolute atomic E-state index is 13.4. The highest BCUT2D eigenvalue weighted by atomic mass is 16.7. The van der Waals surface area contributed by atoms with Crippen LogP contribution in [0.15, 0.2) is 65.5 Å². The maximum atomic E-state index is 13.4. The minimum absolute atomic E-state index is 0.233. The Hall–Kier alpha value is -3.81. The van der Waals surface area contributed by atoms with Gasteiger partial charge < -0.3 is 14.3 Å². The minimum atomic E-state index is -0.888. The Labute approximate surface area is 212 Å². The van der Waals surface area contributed by atoms with Gasteiger partial charge in [0.15, 0.2) is 5.76 Å². The zero-order chi connectivity index (χ0) is 26.5. The smallest absolute Gasteiger partial charge is 0.365 e. The number of benzene rings is 1. The Balaban J connectivity index is 1.84. The highest BCUT2D eigenvalue weighted by Gasteiger charge is 2.34. The van der Waals surface area contributed by atoms with E-state index in [0.29, 0.717) is 17.4 Å². The van der Waals surface area contributed by atoms with Crippen LogP contribution in [-0.2, 0) is 23.9 Å². The van der Waals surface area contributed by atoms with Gasteiger partial charge in [-0.3, -0.25) is 9.59 Å². The van der Waals surface area contributed by atoms with Crippen molar-refractivity contribution in [1.82, 2.24) is 10.6 Å². The first-order valence-electron chi connectivity index (χ1n) is 12.1. The van der Waals surface area contributed by atoms with Gasteiger partial charge in [-0.2, -0.15) is 0 Å². The third-order valence-corrected chi connectivity index (χ3v) is 6.20. The summed E-state index contributed by atoms with van der Waals surface area (Å²) in [4.78, 5) is 44.6. The molecule has 2 aliphatic rings. The summed E-state index contributed by atoms with van der Waals surface area (Å²) in [7, 11) is 0. The molecule has 0 unspecified atom stereocenters. The standard InChI is InChI=1S/C28H34N2O6/c1-7-20-10-9-11-21(15-20)23-16-34-17-24(35-23)25(31)30(29-27(33)28(5,6)8-2)36-26(32)22-13-18(3)12-19(4)14-22/h10,12-17H,7-9,11H2,1-6H3,(H,29,33). The van der Waals surface area contributed by atoms with Crippen molar-refractivity contribution in [2.75, 3.05) is 0 Å². The van der Waals surface area contributed by atoms with Gasteiger partial charge in [0.05, 0.1) is 5.56 Å². The second-order valence-electron chi connectivity index (χ2n) is 9.58. The zero-order valence-corrected chi connectivity index (χ0v) is 21.8. The summed E-state index contributed by atoms with van der Waals surface area (Å²) >= 11 is 0. The first-order valence-corrected chi connectivity index (χ1v) is 12.1. The van der Waals surface area contributed by atoms with Gasteiger partial charge in [-0.1, -0.05) is 67.8 Å². The van der Waals surface area contributed by atoms with E-state index in [1.54, 1.807) is 26.0 Å². The molecule has 0 saturated carbocycles. The summed E-state index contributed by atoms with van der Waals surface area (Å²) in [6.45, 7) is 11.1. The van der Waals surface area contributed by atoms with E-state index >= 15 is 0 Å². The van der Waals surface area contributed by atoms with E-state index < -0.39 is 23.2 Å². The fourth-order valence-electron chi connectivity index (χ4n) is 3.62. The number of hydrogen-bond acceptors (Lipinski definition) is 6. The predicted octanol–water partition coefficient (Wildman–Crippen LogP) is 5.46. The van der Waals surface area contributed by atoms with E-state index in [-0.39, 0.29) is 11.3 Å². The predicted molar refractivity (Wildman–Crippen MR) is 134 cm³/mol. The Kier molecular flexibility index (Phi) is 8.40. The van der Waals surface area contributed by atoms with Gasteiger partial charge in [0, 0.05) is 5.41 Å². The molecule has 1 aliphatic carbocycles. The Morgan fingerprint density at radius 1 is 1.08 bits per heavy atom. The largest absolute Gasteiger partial charge is 0.465 e. The molecule has 192 valence electrons. The molecule has 1 N–H and O–H groups in total. The number of hydrazine groups is 1. The number of nitrogens with zero attached hydrogens (tertiary/aromatic N) is 1. The number of aryl methyl sites for hydroxylation is 2. The van der Waals surface area contributed by atoms with Crippen molar-refractivity contribution >= 4 is 17.8 Å². The monoisotopic (exact) mass is 494 g/mol. The molecule has 0 bridgehead atoms. The number of hydrogen-bond donors (Lipinski definition) is 1. The van der Waals surface area contributed by atoms with Crippen LogP contribution in [0.5, 0.6) is 0 Å². The molecular weight excluding hydrogens is 460 g/mol. The van der Waals surface area contributed by atoms with E-state index in [9.17, 15) is 14.4 Å². The molecule has 1 aromatic rings. The van der Waals surface area contributed by atoms with Crippen molar-refractivity contribution in [3.8, 4) is 0 Å². The second kappa shape index (κ2) is 11.3. The van der Waals surface area contributed by atoms with E-state index in [0.717, 1.165) is 42.2 Å². The van der Waals surface area contributed by atoms with Crippen molar-refractivity contribution in [2.24, 2.45) is 5.41 Å². The van der Waals surface area contributed by atoms with Crippen LogP contribution in [0.1, 0.15) is 74.9 Å². The van der Waals surface area contributed by atoms with Gasteiger partial charge in [-0.25, -0.2) is 10.2 Å². The molecular formula is C28H34N2O6. The number of nitrogens with one attached hydrogen (secondary N) is 1. The van der Waals surface area contributed by atoms with Crippen molar-refractivity contribution in [1.29, 1.82) is 0 Å². The number of hydroxylamine groups is 1. The molecule has 1 aromatic carbocycles. The lowest BCUT2D eigenvalue weighted by Gasteiger charge is -2.28. The van der Waals surface area contributed by atoms with Crippen molar-refractivity contribution in [2.45, 2.75) is 67.2 Å². The van der Waals surface area contributed by atoms with Crippen LogP contribution in [0.2, 0.25) is 0 Å². The van der Waals surface area contributed by atoms with Crippen LogP contribution in [0, 0.1) is 19.3 Å². The highest BCUT2D eigenvalue weighted by molar-refractivity contribution is 5.96. The van der Waals surface area contributed by atoms with Crippen molar-refractivity contribution < 1.29 is 28.7 Å². The number of ether oxygens (including phenoxy) is 2. The number of carbonyl (C=O) groups excluding carboxylic acids is 3. The molecule has 2 amide bonds. The summed E-state index contributed by atoms with van der Waals surface area (Å²) in [5.41, 5.74) is 5.64. The highest BCUT2D eigenvalue weighted by Crippen LogP contribution is 2.30. The zero-order valence-electron chi connectivity index (χ0n) is 21.8. The molecule has 8 heteroatoms. The number of amides is 2. The van der Waals surface area contributed by atoms with Crippen LogP contribution in [0.4, 0.5) is 0 Å². The lowest BCUT2D eigenvalue weighted by atomic mass is 9.90. The Morgan fingerprint density at radius 3 is 2.42 bits per heavy atom. The van der Waals surface area contributed by atoms with Crippen molar-refractivity contribution in [3.05, 3.63) is 82.2 Å². The third-order valence-electron chi connectivity index (χ3n) is 6.20. The maximum Gasteiger partial charge on any atom is 0.365 e. The normalized spacial score (nSPS) is 15.3. The van der Waals surface area contributed by atoms with Gasteiger partial charge in [0.1, 0.15) is 12.5 Å². The molecule has 0 spiro atoms. The van der Waals surface area contributed by atoms with E-state index in [1.165, 1.54) is 11.8 Å². The van der Waals surface area contributed by atoms with Gasteiger partial charge in [-0.15, -0.1) is 0 Å². The Bertz CT molecular complexity index is 1150. The van der Waals surface area contributed by atoms with E-state index in [2.05, 4.69) is 18.4 Å². The van der Waals surface area contributed by atoms with Gasteiger partial charge in [0.25, 0.3) is 0 Å². The average Bonchev–Trinajstić information content (AvgIpc) is 2.87. The quantitative estimate of drug-likeness (QED) is 0.528. The number of carbonyl (C=O) groups is 3. The Morgan fingerprint density at radius 2 is 1.78 bits per heavy atom. The molecule has 0 atom stereocenters. The van der Waals surface area contributed by atoms with Gasteiger partial charge in [0.2, 0.25) is 11.7 Å². The summed E-state index contributed by atoms with van der Waals surface area (Å²) in [5, 5.41) is 0.518. The third kappa shape index (κ3) is 6.44. The molecule has 1 heterocycles. The summed E-state index contributed by atoms with van der Waals surface area (Å²) in [5.74, 6) is -2.02. The lowest BCUT2D eigenvalue weighted by Crippen LogP contribution is -2.52. The fraction of sp³-hybridized carbons (Fsp3) is 0.393. The summed E-state index contributed by atoms with van der Waals surface area (Å²) < 4.78 is 11.2. The van der Waals surface area contributed by atoms with Crippen LogP contribution < -0.4 is 5.43 Å². The van der Waals surface area contributed by atoms with E-state index in [4.69, 9.17) is 14.3 Å². The lowest BCUT2D eigenvalue weighted by molar-refractivity contribution is -0.187. The van der Waals surface area contributed by atoms with E-state index in [1.807, 2.05) is 32.9 Å². The second-order valence-corrected chi connectivity index (χ2v) is 9.58. The molecule has 1 aliphatic heterocycles. The van der Waals surface area contributed by atoms with Crippen LogP contribution >= 0.6 is 0 Å². The topological polar surface area (TPSA) is 94.2 Å². The SMILES string of the molecule is CCC1=CCCC(C2=COC=C(C(=O)N(NC(=O)C(C)(C)CC)OC(=O)c3cc(C)cc(C)c3)O2)=C1. The molecule has 0 radical (unpaired) electrons. The first-order chi connectivity index (χ1) is 17.0. The molecule has 36 heavy (non-hydrogen) atoms. The molecule has 3 rings (SSSR count). The minimum Gasteiger partial charge on any atom is -0.465 e. The molecule has 0 fully saturated rings. The summed E-state index contributed by atoms with van der Waals surface area (Å²) in [6, 6.07) is 5.20.